The van der Waals surface area contributed by atoms with Crippen molar-refractivity contribution in [3.05, 3.63) is 97.7 Å². The standard InChI is InChI=1S/C24H17ClINO4/c1-29-21-7-3-5-17(22(21)30-14-15-4-2-6-18(25)12-15)13-20-24(28)31-23(27-20)16-8-10-19(26)11-9-16/h2-13H,14H2,1H3/b20-13-. The van der Waals surface area contributed by atoms with Crippen LogP contribution in [0.1, 0.15) is 16.7 Å². The number of hydrogen-bond donors (Lipinski definition) is 0. The predicted octanol–water partition coefficient (Wildman–Crippen LogP) is 5.88. The maximum Gasteiger partial charge on any atom is 0.363 e. The summed E-state index contributed by atoms with van der Waals surface area (Å²) in [6.07, 6.45) is 1.64. The molecule has 0 bridgehead atoms. The van der Waals surface area contributed by atoms with Crippen LogP contribution in [0.5, 0.6) is 11.5 Å². The van der Waals surface area contributed by atoms with Crippen molar-refractivity contribution in [1.82, 2.24) is 0 Å². The van der Waals surface area contributed by atoms with Crippen LogP contribution in [0.25, 0.3) is 6.08 Å². The molecule has 0 saturated carbocycles. The van der Waals surface area contributed by atoms with Crippen LogP contribution in [-0.2, 0) is 16.1 Å². The number of esters is 1. The van der Waals surface area contributed by atoms with Gasteiger partial charge in [-0.1, -0.05) is 35.9 Å². The summed E-state index contributed by atoms with van der Waals surface area (Å²) in [7, 11) is 1.56. The van der Waals surface area contributed by atoms with Crippen LogP contribution in [0, 0.1) is 3.57 Å². The largest absolute Gasteiger partial charge is 0.493 e. The number of ether oxygens (including phenoxy) is 3. The Morgan fingerprint density at radius 1 is 1.10 bits per heavy atom. The van der Waals surface area contributed by atoms with Gasteiger partial charge in [-0.15, -0.1) is 0 Å². The minimum atomic E-state index is -0.517. The summed E-state index contributed by atoms with van der Waals surface area (Å²) in [5, 5.41) is 0.634. The van der Waals surface area contributed by atoms with E-state index in [0.717, 1.165) is 14.7 Å². The van der Waals surface area contributed by atoms with E-state index >= 15 is 0 Å². The molecule has 0 saturated heterocycles. The fourth-order valence-corrected chi connectivity index (χ4v) is 3.59. The highest BCUT2D eigenvalue weighted by atomic mass is 127. The molecule has 1 heterocycles. The topological polar surface area (TPSA) is 57.1 Å². The number of nitrogens with zero attached hydrogens (tertiary/aromatic N) is 1. The number of para-hydroxylation sites is 1. The molecular weight excluding hydrogens is 529 g/mol. The molecule has 1 aliphatic rings. The van der Waals surface area contributed by atoms with Crippen LogP contribution in [0.3, 0.4) is 0 Å². The maximum atomic E-state index is 12.4. The van der Waals surface area contributed by atoms with Crippen LogP contribution >= 0.6 is 34.2 Å². The molecular formula is C24H17ClINO4. The van der Waals surface area contributed by atoms with E-state index in [2.05, 4.69) is 27.6 Å². The third-order valence-electron chi connectivity index (χ3n) is 4.51. The predicted molar refractivity (Wildman–Crippen MR) is 129 cm³/mol. The second-order valence-corrected chi connectivity index (χ2v) is 8.32. The number of carbonyl (C=O) groups is 1. The number of benzene rings is 3. The number of aliphatic imine (C=N–C) groups is 1. The first-order chi connectivity index (χ1) is 15.0. The van der Waals surface area contributed by atoms with Gasteiger partial charge in [-0.2, -0.15) is 0 Å². The van der Waals surface area contributed by atoms with E-state index in [4.69, 9.17) is 25.8 Å². The van der Waals surface area contributed by atoms with Crippen LogP contribution in [0.2, 0.25) is 5.02 Å². The first-order valence-corrected chi connectivity index (χ1v) is 10.8. The summed E-state index contributed by atoms with van der Waals surface area (Å²) >= 11 is 8.28. The van der Waals surface area contributed by atoms with Gasteiger partial charge in [0, 0.05) is 19.7 Å². The SMILES string of the molecule is COc1cccc(/C=C2\N=C(c3ccc(I)cc3)OC2=O)c1OCc1cccc(Cl)c1. The molecule has 0 spiro atoms. The monoisotopic (exact) mass is 545 g/mol. The zero-order valence-corrected chi connectivity index (χ0v) is 19.4. The summed E-state index contributed by atoms with van der Waals surface area (Å²) < 4.78 is 17.9. The van der Waals surface area contributed by atoms with Gasteiger partial charge in [0.2, 0.25) is 5.90 Å². The second kappa shape index (κ2) is 9.53. The van der Waals surface area contributed by atoms with Gasteiger partial charge >= 0.3 is 5.97 Å². The smallest absolute Gasteiger partial charge is 0.363 e. The van der Waals surface area contributed by atoms with Crippen LogP contribution in [0.4, 0.5) is 0 Å². The molecule has 0 atom stereocenters. The molecule has 1 aliphatic heterocycles. The van der Waals surface area contributed by atoms with Crippen LogP contribution in [0.15, 0.2) is 77.4 Å². The Balaban J connectivity index is 1.65. The number of halogens is 2. The molecule has 0 aliphatic carbocycles. The molecule has 4 rings (SSSR count). The van der Waals surface area contributed by atoms with Gasteiger partial charge in [-0.05, 0) is 76.7 Å². The Labute approximate surface area is 198 Å². The van der Waals surface area contributed by atoms with Gasteiger partial charge in [-0.3, -0.25) is 0 Å². The summed E-state index contributed by atoms with van der Waals surface area (Å²) in [5.41, 5.74) is 2.49. The minimum Gasteiger partial charge on any atom is -0.493 e. The fourth-order valence-electron chi connectivity index (χ4n) is 3.02. The lowest BCUT2D eigenvalue weighted by molar-refractivity contribution is -0.129. The van der Waals surface area contributed by atoms with Gasteiger partial charge in [0.15, 0.2) is 17.2 Å². The highest BCUT2D eigenvalue weighted by Gasteiger charge is 2.25. The zero-order valence-electron chi connectivity index (χ0n) is 16.5. The lowest BCUT2D eigenvalue weighted by Gasteiger charge is -2.13. The van der Waals surface area contributed by atoms with Crippen molar-refractivity contribution in [1.29, 1.82) is 0 Å². The zero-order chi connectivity index (χ0) is 21.8. The Kier molecular flexibility index (Phi) is 6.58. The molecule has 0 N–H and O–H groups in total. The van der Waals surface area contributed by atoms with Crippen LogP contribution < -0.4 is 9.47 Å². The van der Waals surface area contributed by atoms with E-state index in [0.29, 0.717) is 28.7 Å². The van der Waals surface area contributed by atoms with Gasteiger partial charge in [0.25, 0.3) is 0 Å². The van der Waals surface area contributed by atoms with Gasteiger partial charge in [-0.25, -0.2) is 9.79 Å². The van der Waals surface area contributed by atoms with Crippen molar-refractivity contribution in [2.45, 2.75) is 6.61 Å². The van der Waals surface area contributed by atoms with Crippen LogP contribution in [-0.4, -0.2) is 19.0 Å². The van der Waals surface area contributed by atoms with E-state index in [1.165, 1.54) is 0 Å². The molecule has 31 heavy (non-hydrogen) atoms. The van der Waals surface area contributed by atoms with Crippen molar-refractivity contribution in [2.75, 3.05) is 7.11 Å². The molecule has 5 nitrogen and oxygen atoms in total. The molecule has 156 valence electrons. The summed E-state index contributed by atoms with van der Waals surface area (Å²) in [6, 6.07) is 20.4. The molecule has 0 aromatic heterocycles. The average Bonchev–Trinajstić information content (AvgIpc) is 3.13. The quantitative estimate of drug-likeness (QED) is 0.221. The lowest BCUT2D eigenvalue weighted by Crippen LogP contribution is -2.05. The molecule has 3 aromatic carbocycles. The number of carbonyl (C=O) groups excluding carboxylic acids is 1. The molecule has 3 aromatic rings. The third-order valence-corrected chi connectivity index (χ3v) is 5.46. The van der Waals surface area contributed by atoms with Crippen molar-refractivity contribution in [3.63, 3.8) is 0 Å². The van der Waals surface area contributed by atoms with E-state index < -0.39 is 5.97 Å². The molecule has 0 fully saturated rings. The maximum absolute atomic E-state index is 12.4. The van der Waals surface area contributed by atoms with E-state index in [-0.39, 0.29) is 11.6 Å². The van der Waals surface area contributed by atoms with E-state index in [9.17, 15) is 4.79 Å². The second-order valence-electron chi connectivity index (χ2n) is 6.64. The fraction of sp³-hybridized carbons (Fsp3) is 0.0833. The minimum absolute atomic E-state index is 0.189. The molecule has 0 unspecified atom stereocenters. The summed E-state index contributed by atoms with van der Waals surface area (Å²) in [6.45, 7) is 0.290. The normalized spacial score (nSPS) is 14.4. The molecule has 0 radical (unpaired) electrons. The number of rotatable bonds is 6. The Bertz CT molecular complexity index is 1190. The first-order valence-electron chi connectivity index (χ1n) is 9.36. The van der Waals surface area contributed by atoms with Crippen molar-refractivity contribution in [2.24, 2.45) is 4.99 Å². The Hall–Kier alpha value is -2.84. The average molecular weight is 546 g/mol. The highest BCUT2D eigenvalue weighted by molar-refractivity contribution is 14.1. The van der Waals surface area contributed by atoms with Gasteiger partial charge in [0.1, 0.15) is 6.61 Å². The highest BCUT2D eigenvalue weighted by Crippen LogP contribution is 2.34. The molecule has 0 amide bonds. The first kappa shape index (κ1) is 21.4. The number of methoxy groups -OCH3 is 1. The van der Waals surface area contributed by atoms with Crippen molar-refractivity contribution >= 4 is 52.1 Å². The van der Waals surface area contributed by atoms with Crippen molar-refractivity contribution in [3.8, 4) is 11.5 Å². The molecule has 7 heteroatoms. The summed E-state index contributed by atoms with van der Waals surface area (Å²) in [5.74, 6) is 0.807. The van der Waals surface area contributed by atoms with E-state index in [1.807, 2.05) is 54.6 Å². The Morgan fingerprint density at radius 2 is 1.87 bits per heavy atom. The Morgan fingerprint density at radius 3 is 2.61 bits per heavy atom. The third kappa shape index (κ3) is 5.08. The van der Waals surface area contributed by atoms with E-state index in [1.54, 1.807) is 25.3 Å². The summed E-state index contributed by atoms with van der Waals surface area (Å²) in [4.78, 5) is 16.8. The number of cyclic esters (lactones) is 1. The van der Waals surface area contributed by atoms with Gasteiger partial charge in [0.05, 0.1) is 7.11 Å². The van der Waals surface area contributed by atoms with Crippen molar-refractivity contribution < 1.29 is 19.0 Å². The number of hydrogen-bond acceptors (Lipinski definition) is 5. The lowest BCUT2D eigenvalue weighted by atomic mass is 10.1. The van der Waals surface area contributed by atoms with Gasteiger partial charge < -0.3 is 14.2 Å².